The van der Waals surface area contributed by atoms with E-state index in [9.17, 15) is 9.90 Å². The van der Waals surface area contributed by atoms with Gasteiger partial charge < -0.3 is 5.11 Å². The summed E-state index contributed by atoms with van der Waals surface area (Å²) < 4.78 is 1.20. The van der Waals surface area contributed by atoms with Crippen molar-refractivity contribution in [3.8, 4) is 16.3 Å². The number of aromatic nitrogens is 3. The zero-order valence-electron chi connectivity index (χ0n) is 11.1. The van der Waals surface area contributed by atoms with E-state index in [-0.39, 0.29) is 21.8 Å². The van der Waals surface area contributed by atoms with Crippen LogP contribution in [0.15, 0.2) is 51.7 Å². The average Bonchev–Trinajstić information content (AvgIpc) is 3.03. The molecule has 0 spiro atoms. The lowest BCUT2D eigenvalue weighted by atomic mass is 10.2. The fraction of sp³-hybridized carbons (Fsp3) is 0. The van der Waals surface area contributed by atoms with E-state index in [0.717, 1.165) is 15.1 Å². The first kappa shape index (κ1) is 14.4. The summed E-state index contributed by atoms with van der Waals surface area (Å²) in [7, 11) is 0. The molecule has 3 rings (SSSR count). The highest BCUT2D eigenvalue weighted by Gasteiger charge is 2.09. The lowest BCUT2D eigenvalue weighted by molar-refractivity contribution is 0.475. The number of nitrogens with zero attached hydrogens (tertiary/aromatic N) is 3. The molecular weight excluding hydrogens is 320 g/mol. The van der Waals surface area contributed by atoms with Crippen LogP contribution in [0, 0.1) is 4.77 Å². The Morgan fingerprint density at radius 2 is 2.09 bits per heavy atom. The Morgan fingerprint density at radius 1 is 1.32 bits per heavy atom. The summed E-state index contributed by atoms with van der Waals surface area (Å²) in [6.45, 7) is 0. The molecule has 1 aromatic carbocycles. The smallest absolute Gasteiger partial charge is 0.302 e. The second kappa shape index (κ2) is 6.04. The van der Waals surface area contributed by atoms with Crippen LogP contribution in [0.4, 0.5) is 0 Å². The fourth-order valence-corrected chi connectivity index (χ4v) is 2.64. The van der Waals surface area contributed by atoms with Crippen LogP contribution in [0.2, 0.25) is 0 Å². The van der Waals surface area contributed by atoms with Crippen molar-refractivity contribution in [2.75, 3.05) is 0 Å². The highest BCUT2D eigenvalue weighted by molar-refractivity contribution is 7.71. The Kier molecular flexibility index (Phi) is 3.94. The van der Waals surface area contributed by atoms with E-state index >= 15 is 0 Å². The minimum absolute atomic E-state index is 0.111. The zero-order valence-corrected chi connectivity index (χ0v) is 12.8. The number of H-pyrrole nitrogens is 1. The van der Waals surface area contributed by atoms with Crippen LogP contribution in [-0.4, -0.2) is 26.2 Å². The maximum atomic E-state index is 12.4. The van der Waals surface area contributed by atoms with E-state index < -0.39 is 0 Å². The van der Waals surface area contributed by atoms with E-state index in [2.05, 4.69) is 15.3 Å². The molecule has 2 aromatic heterocycles. The Balaban J connectivity index is 2.04. The Hall–Kier alpha value is -2.58. The molecule has 2 heterocycles. The summed E-state index contributed by atoms with van der Waals surface area (Å²) >= 11 is 6.47. The SMILES string of the molecule is O=c1c(-c2cccs2)n[nH]c(=S)n1N=Cc1ccc(O)cc1. The molecule has 0 aliphatic rings. The van der Waals surface area contributed by atoms with Crippen molar-refractivity contribution >= 4 is 29.8 Å². The van der Waals surface area contributed by atoms with Gasteiger partial charge in [0.25, 0.3) is 0 Å². The first-order valence-electron chi connectivity index (χ1n) is 6.24. The number of benzene rings is 1. The molecule has 0 bridgehead atoms. The molecule has 3 aromatic rings. The largest absolute Gasteiger partial charge is 0.508 e. The quantitative estimate of drug-likeness (QED) is 0.571. The normalized spacial score (nSPS) is 11.1. The number of rotatable bonds is 3. The lowest BCUT2D eigenvalue weighted by Gasteiger charge is -2.01. The van der Waals surface area contributed by atoms with Gasteiger partial charge in [-0.1, -0.05) is 6.07 Å². The highest BCUT2D eigenvalue weighted by atomic mass is 32.1. The first-order chi connectivity index (χ1) is 10.6. The second-order valence-electron chi connectivity index (χ2n) is 4.31. The molecule has 0 unspecified atom stereocenters. The molecule has 0 radical (unpaired) electrons. The number of nitrogens with one attached hydrogen (secondary N) is 1. The number of phenolic OH excluding ortho intramolecular Hbond substituents is 1. The molecule has 0 saturated carbocycles. The molecule has 0 aliphatic heterocycles. The lowest BCUT2D eigenvalue weighted by Crippen LogP contribution is -2.21. The Labute approximate surface area is 134 Å². The molecule has 0 fully saturated rings. The number of thiophene rings is 1. The minimum Gasteiger partial charge on any atom is -0.508 e. The molecule has 6 nitrogen and oxygen atoms in total. The predicted octanol–water partition coefficient (Wildman–Crippen LogP) is 2.62. The highest BCUT2D eigenvalue weighted by Crippen LogP contribution is 2.18. The maximum absolute atomic E-state index is 12.4. The molecule has 2 N–H and O–H groups in total. The van der Waals surface area contributed by atoms with Crippen LogP contribution in [0.3, 0.4) is 0 Å². The molecule has 8 heteroatoms. The average molecular weight is 330 g/mol. The fourth-order valence-electron chi connectivity index (χ4n) is 1.75. The third-order valence-electron chi connectivity index (χ3n) is 2.82. The standard InChI is InChI=1S/C14H10N4O2S2/c19-10-5-3-9(4-6-10)8-15-18-13(20)12(16-17-14(18)21)11-2-1-7-22-11/h1-8,19H,(H,17,21). The third-order valence-corrected chi connectivity index (χ3v) is 3.96. The van der Waals surface area contributed by atoms with Gasteiger partial charge in [-0.25, -0.2) is 0 Å². The van der Waals surface area contributed by atoms with E-state index in [1.54, 1.807) is 18.2 Å². The van der Waals surface area contributed by atoms with Crippen LogP contribution in [0.1, 0.15) is 5.56 Å². The van der Waals surface area contributed by atoms with E-state index in [1.807, 2.05) is 11.4 Å². The number of hydrogen-bond acceptors (Lipinski definition) is 6. The van der Waals surface area contributed by atoms with Crippen molar-refractivity contribution in [1.29, 1.82) is 0 Å². The number of aromatic amines is 1. The van der Waals surface area contributed by atoms with E-state index in [1.165, 1.54) is 29.7 Å². The van der Waals surface area contributed by atoms with Gasteiger partial charge in [0.05, 0.1) is 11.1 Å². The van der Waals surface area contributed by atoms with E-state index in [4.69, 9.17) is 12.2 Å². The minimum atomic E-state index is -0.388. The molecule has 22 heavy (non-hydrogen) atoms. The summed E-state index contributed by atoms with van der Waals surface area (Å²) in [4.78, 5) is 13.2. The van der Waals surface area contributed by atoms with Gasteiger partial charge in [-0.15, -0.1) is 11.3 Å². The third kappa shape index (κ3) is 2.87. The van der Waals surface area contributed by atoms with Crippen molar-refractivity contribution in [3.05, 3.63) is 62.5 Å². The predicted molar refractivity (Wildman–Crippen MR) is 88.1 cm³/mol. The Morgan fingerprint density at radius 3 is 2.77 bits per heavy atom. The molecule has 110 valence electrons. The molecule has 0 atom stereocenters. The van der Waals surface area contributed by atoms with Gasteiger partial charge in [0, 0.05) is 0 Å². The second-order valence-corrected chi connectivity index (χ2v) is 5.64. The molecule has 0 saturated heterocycles. The molecule has 0 aliphatic carbocycles. The van der Waals surface area contributed by atoms with Crippen molar-refractivity contribution in [2.45, 2.75) is 0 Å². The van der Waals surface area contributed by atoms with Crippen molar-refractivity contribution < 1.29 is 5.11 Å². The summed E-state index contributed by atoms with van der Waals surface area (Å²) in [5.41, 5.74) is 0.612. The van der Waals surface area contributed by atoms with Gasteiger partial charge in [0.2, 0.25) is 4.77 Å². The van der Waals surface area contributed by atoms with Crippen LogP contribution in [0.5, 0.6) is 5.75 Å². The van der Waals surface area contributed by atoms with Crippen LogP contribution < -0.4 is 5.56 Å². The van der Waals surface area contributed by atoms with Crippen LogP contribution in [-0.2, 0) is 0 Å². The monoisotopic (exact) mass is 330 g/mol. The maximum Gasteiger partial charge on any atom is 0.302 e. The van der Waals surface area contributed by atoms with Gasteiger partial charge in [-0.3, -0.25) is 9.89 Å². The summed E-state index contributed by atoms with van der Waals surface area (Å²) in [6.07, 6.45) is 1.49. The van der Waals surface area contributed by atoms with Crippen LogP contribution >= 0.6 is 23.6 Å². The first-order valence-corrected chi connectivity index (χ1v) is 7.53. The van der Waals surface area contributed by atoms with Crippen molar-refractivity contribution in [2.24, 2.45) is 5.10 Å². The summed E-state index contributed by atoms with van der Waals surface area (Å²) in [5, 5.41) is 21.8. The number of aromatic hydroxyl groups is 1. The molecular formula is C14H10N4O2S2. The Bertz CT molecular complexity index is 925. The number of phenols is 1. The van der Waals surface area contributed by atoms with Gasteiger partial charge in [0.15, 0.2) is 5.69 Å². The van der Waals surface area contributed by atoms with Crippen molar-refractivity contribution in [1.82, 2.24) is 14.9 Å². The number of hydrogen-bond donors (Lipinski definition) is 2. The zero-order chi connectivity index (χ0) is 15.5. The van der Waals surface area contributed by atoms with Gasteiger partial charge in [-0.05, 0) is 53.5 Å². The summed E-state index contributed by atoms with van der Waals surface area (Å²) in [6, 6.07) is 10.1. The summed E-state index contributed by atoms with van der Waals surface area (Å²) in [5.74, 6) is 0.163. The van der Waals surface area contributed by atoms with Gasteiger partial charge >= 0.3 is 5.56 Å². The van der Waals surface area contributed by atoms with E-state index in [0.29, 0.717) is 0 Å². The molecule has 0 amide bonds. The van der Waals surface area contributed by atoms with Crippen molar-refractivity contribution in [3.63, 3.8) is 0 Å². The van der Waals surface area contributed by atoms with Crippen LogP contribution in [0.25, 0.3) is 10.6 Å². The topological polar surface area (TPSA) is 83.3 Å². The van der Waals surface area contributed by atoms with Gasteiger partial charge in [-0.2, -0.15) is 14.9 Å². The van der Waals surface area contributed by atoms with Gasteiger partial charge in [0.1, 0.15) is 5.75 Å².